The predicted molar refractivity (Wildman–Crippen MR) is 67.1 cm³/mol. The maximum atomic E-state index is 14.0. The van der Waals surface area contributed by atoms with Crippen molar-refractivity contribution in [3.05, 3.63) is 60.3 Å². The fourth-order valence-corrected chi connectivity index (χ4v) is 2.60. The quantitative estimate of drug-likeness (QED) is 0.803. The van der Waals surface area contributed by atoms with Gasteiger partial charge in [-0.15, -0.1) is 0 Å². The summed E-state index contributed by atoms with van der Waals surface area (Å²) < 4.78 is 37.7. The van der Waals surface area contributed by atoms with Crippen molar-refractivity contribution in [3.63, 3.8) is 0 Å². The molecule has 0 aliphatic rings. The molecular formula is C13H10FNO3S. The number of pyridine rings is 1. The van der Waals surface area contributed by atoms with Crippen LogP contribution in [0, 0.1) is 0 Å². The number of benzene rings is 1. The van der Waals surface area contributed by atoms with Crippen LogP contribution < -0.4 is 0 Å². The number of hydrogen-bond acceptors (Lipinski definition) is 4. The van der Waals surface area contributed by atoms with Crippen molar-refractivity contribution in [2.45, 2.75) is 10.5 Å². The minimum absolute atomic E-state index is 0.00880. The molecule has 0 spiro atoms. The highest BCUT2D eigenvalue weighted by Crippen LogP contribution is 2.18. The van der Waals surface area contributed by atoms with Gasteiger partial charge in [0.15, 0.2) is 5.03 Å². The Bertz CT molecular complexity index is 672. The van der Waals surface area contributed by atoms with Crippen LogP contribution in [0.4, 0.5) is 4.39 Å². The van der Waals surface area contributed by atoms with Gasteiger partial charge in [0.2, 0.25) is 15.6 Å². The number of sulfone groups is 1. The molecule has 98 valence electrons. The monoisotopic (exact) mass is 279 g/mol. The van der Waals surface area contributed by atoms with E-state index in [-0.39, 0.29) is 5.56 Å². The first-order valence-electron chi connectivity index (χ1n) is 5.42. The second-order valence-corrected chi connectivity index (χ2v) is 5.68. The molecule has 1 aromatic carbocycles. The number of carbonyl (C=O) groups excluding carboxylic acids is 1. The second kappa shape index (κ2) is 5.27. The summed E-state index contributed by atoms with van der Waals surface area (Å²) in [6, 6.07) is 11.5. The normalized spacial score (nSPS) is 12.9. The summed E-state index contributed by atoms with van der Waals surface area (Å²) in [6.07, 6.45) is 1.23. The number of hydrogen-bond donors (Lipinski definition) is 0. The van der Waals surface area contributed by atoms with Gasteiger partial charge in [-0.25, -0.2) is 17.8 Å². The summed E-state index contributed by atoms with van der Waals surface area (Å²) in [5.41, 5.74) is -2.64. The van der Waals surface area contributed by atoms with E-state index in [9.17, 15) is 17.6 Å². The van der Waals surface area contributed by atoms with Crippen LogP contribution in [0.1, 0.15) is 10.4 Å². The average Bonchev–Trinajstić information content (AvgIpc) is 2.47. The fourth-order valence-electron chi connectivity index (χ4n) is 1.50. The molecule has 0 aliphatic heterocycles. The number of rotatable bonds is 4. The highest BCUT2D eigenvalue weighted by Gasteiger charge is 2.35. The van der Waals surface area contributed by atoms with Crippen LogP contribution in [0.25, 0.3) is 0 Å². The van der Waals surface area contributed by atoms with Crippen LogP contribution in [0.2, 0.25) is 0 Å². The Morgan fingerprint density at radius 3 is 2.26 bits per heavy atom. The van der Waals surface area contributed by atoms with Crippen molar-refractivity contribution < 1.29 is 17.6 Å². The van der Waals surface area contributed by atoms with E-state index in [2.05, 4.69) is 4.98 Å². The zero-order chi connectivity index (χ0) is 13.9. The summed E-state index contributed by atoms with van der Waals surface area (Å²) in [5, 5.41) is -0.452. The predicted octanol–water partition coefficient (Wildman–Crippen LogP) is 2.03. The number of aromatic nitrogens is 1. The van der Waals surface area contributed by atoms with E-state index in [1.807, 2.05) is 0 Å². The van der Waals surface area contributed by atoms with Gasteiger partial charge >= 0.3 is 0 Å². The second-order valence-electron chi connectivity index (χ2n) is 3.76. The first-order valence-corrected chi connectivity index (χ1v) is 6.96. The van der Waals surface area contributed by atoms with E-state index in [1.54, 1.807) is 6.07 Å². The smallest absolute Gasteiger partial charge is 0.268 e. The van der Waals surface area contributed by atoms with E-state index in [0.717, 1.165) is 6.07 Å². The molecule has 1 heterocycles. The van der Waals surface area contributed by atoms with Gasteiger partial charge in [0.25, 0.3) is 5.50 Å². The fraction of sp³-hybridized carbons (Fsp3) is 0.0769. The first-order chi connectivity index (χ1) is 9.03. The van der Waals surface area contributed by atoms with Gasteiger partial charge in [-0.05, 0) is 12.1 Å². The van der Waals surface area contributed by atoms with Crippen LogP contribution in [0.5, 0.6) is 0 Å². The molecule has 19 heavy (non-hydrogen) atoms. The van der Waals surface area contributed by atoms with Crippen molar-refractivity contribution in [3.8, 4) is 0 Å². The van der Waals surface area contributed by atoms with Crippen molar-refractivity contribution in [2.24, 2.45) is 0 Å². The summed E-state index contributed by atoms with van der Waals surface area (Å²) in [7, 11) is -4.41. The van der Waals surface area contributed by atoms with Crippen molar-refractivity contribution in [2.75, 3.05) is 0 Å². The molecule has 2 aromatic rings. The number of carbonyl (C=O) groups is 1. The zero-order valence-corrected chi connectivity index (χ0v) is 10.5. The number of halogens is 1. The molecule has 0 N–H and O–H groups in total. The Labute approximate surface area is 109 Å². The standard InChI is InChI=1S/C13H10FNO3S/c14-13(12(16)10-6-2-1-3-7-10)19(17,18)11-8-4-5-9-15-11/h1-9,13H. The van der Waals surface area contributed by atoms with Crippen molar-refractivity contribution in [1.82, 2.24) is 4.98 Å². The molecule has 2 rings (SSSR count). The average molecular weight is 279 g/mol. The molecule has 0 fully saturated rings. The van der Waals surface area contributed by atoms with E-state index < -0.39 is 26.2 Å². The number of alkyl halides is 1. The summed E-state index contributed by atoms with van der Waals surface area (Å²) in [4.78, 5) is 15.4. The van der Waals surface area contributed by atoms with Gasteiger partial charge < -0.3 is 0 Å². The lowest BCUT2D eigenvalue weighted by atomic mass is 10.1. The third-order valence-corrected chi connectivity index (χ3v) is 4.05. The number of ketones is 1. The van der Waals surface area contributed by atoms with Crippen LogP contribution in [-0.4, -0.2) is 24.7 Å². The molecule has 4 nitrogen and oxygen atoms in total. The third-order valence-electron chi connectivity index (χ3n) is 2.47. The van der Waals surface area contributed by atoms with Gasteiger partial charge in [0.1, 0.15) is 0 Å². The van der Waals surface area contributed by atoms with Crippen molar-refractivity contribution in [1.29, 1.82) is 0 Å². The molecule has 0 saturated carbocycles. The maximum Gasteiger partial charge on any atom is 0.268 e. The number of Topliss-reactive ketones (excluding diaryl/α,β-unsaturated/α-hetero) is 1. The zero-order valence-electron chi connectivity index (χ0n) is 9.73. The molecule has 0 aliphatic carbocycles. The summed E-state index contributed by atoms with van der Waals surface area (Å²) in [6.45, 7) is 0. The Kier molecular flexibility index (Phi) is 3.71. The molecule has 0 amide bonds. The third kappa shape index (κ3) is 2.68. The van der Waals surface area contributed by atoms with Crippen molar-refractivity contribution >= 4 is 15.6 Å². The largest absolute Gasteiger partial charge is 0.290 e. The lowest BCUT2D eigenvalue weighted by Crippen LogP contribution is -2.26. The minimum atomic E-state index is -4.41. The van der Waals surface area contributed by atoms with Gasteiger partial charge in [-0.1, -0.05) is 36.4 Å². The van der Waals surface area contributed by atoms with Gasteiger partial charge in [0.05, 0.1) is 0 Å². The molecule has 1 unspecified atom stereocenters. The van der Waals surface area contributed by atoms with Gasteiger partial charge in [-0.3, -0.25) is 4.79 Å². The molecule has 6 heteroatoms. The first kappa shape index (κ1) is 13.4. The van der Waals surface area contributed by atoms with E-state index in [1.165, 1.54) is 42.6 Å². The van der Waals surface area contributed by atoms with Gasteiger partial charge in [-0.2, -0.15) is 0 Å². The molecule has 0 radical (unpaired) electrons. The van der Waals surface area contributed by atoms with E-state index in [4.69, 9.17) is 0 Å². The lowest BCUT2D eigenvalue weighted by Gasteiger charge is -2.08. The van der Waals surface area contributed by atoms with Gasteiger partial charge in [0, 0.05) is 11.8 Å². The topological polar surface area (TPSA) is 64.1 Å². The van der Waals surface area contributed by atoms with Crippen LogP contribution in [-0.2, 0) is 9.84 Å². The van der Waals surface area contributed by atoms with Crippen LogP contribution in [0.3, 0.4) is 0 Å². The Hall–Kier alpha value is -2.08. The maximum absolute atomic E-state index is 14.0. The van der Waals surface area contributed by atoms with E-state index in [0.29, 0.717) is 0 Å². The molecule has 1 atom stereocenters. The summed E-state index contributed by atoms with van der Waals surface area (Å²) in [5.74, 6) is -1.09. The Balaban J connectivity index is 2.35. The Morgan fingerprint density at radius 1 is 1.05 bits per heavy atom. The van der Waals surface area contributed by atoms with Crippen LogP contribution in [0.15, 0.2) is 59.8 Å². The molecule has 1 aromatic heterocycles. The highest BCUT2D eigenvalue weighted by atomic mass is 32.2. The molecular weight excluding hydrogens is 269 g/mol. The lowest BCUT2D eigenvalue weighted by molar-refractivity contribution is 0.0933. The van der Waals surface area contributed by atoms with E-state index >= 15 is 0 Å². The molecule has 0 bridgehead atoms. The highest BCUT2D eigenvalue weighted by molar-refractivity contribution is 7.92. The summed E-state index contributed by atoms with van der Waals surface area (Å²) >= 11 is 0. The SMILES string of the molecule is O=C(c1ccccc1)C(F)S(=O)(=O)c1ccccn1. The van der Waals surface area contributed by atoms with Crippen LogP contribution >= 0.6 is 0 Å². The minimum Gasteiger partial charge on any atom is -0.290 e. The number of nitrogens with zero attached hydrogens (tertiary/aromatic N) is 1. The Morgan fingerprint density at radius 2 is 1.68 bits per heavy atom. The molecule has 0 saturated heterocycles.